The van der Waals surface area contributed by atoms with Crippen LogP contribution in [0.1, 0.15) is 23.1 Å². The number of benzene rings is 2. The van der Waals surface area contributed by atoms with Crippen molar-refractivity contribution in [1.82, 2.24) is 10.3 Å². The molecule has 6 heteroatoms. The van der Waals surface area contributed by atoms with Gasteiger partial charge in [0.25, 0.3) is 0 Å². The van der Waals surface area contributed by atoms with Gasteiger partial charge >= 0.3 is 5.97 Å². The molecule has 0 spiro atoms. The lowest BCUT2D eigenvalue weighted by molar-refractivity contribution is -0.136. The summed E-state index contributed by atoms with van der Waals surface area (Å²) in [6, 6.07) is 20.3. The predicted octanol–water partition coefficient (Wildman–Crippen LogP) is 4.06. The van der Waals surface area contributed by atoms with Crippen molar-refractivity contribution >= 4 is 12.2 Å². The van der Waals surface area contributed by atoms with Crippen LogP contribution in [0, 0.1) is 0 Å². The number of pyridine rings is 1. The lowest BCUT2D eigenvalue weighted by Crippen LogP contribution is -2.17. The van der Waals surface area contributed by atoms with Crippen LogP contribution in [0.2, 0.25) is 0 Å². The van der Waals surface area contributed by atoms with E-state index >= 15 is 0 Å². The Morgan fingerprint density at radius 1 is 0.933 bits per heavy atom. The van der Waals surface area contributed by atoms with Crippen LogP contribution in [0.3, 0.4) is 0 Å². The number of carboxylic acid groups (broad SMARTS) is 1. The van der Waals surface area contributed by atoms with E-state index in [9.17, 15) is 4.79 Å². The number of rotatable bonds is 11. The summed E-state index contributed by atoms with van der Waals surface area (Å²) >= 11 is 0. The molecule has 0 bridgehead atoms. The summed E-state index contributed by atoms with van der Waals surface area (Å²) in [6.45, 7) is 1.55. The molecule has 6 nitrogen and oxygen atoms in total. The monoisotopic (exact) mass is 403 g/mol. The highest BCUT2D eigenvalue weighted by Crippen LogP contribution is 2.18. The average Bonchev–Trinajstić information content (AvgIpc) is 2.78. The number of aliphatic carboxylic acids is 1. The molecule has 0 fully saturated rings. The second-order valence-electron chi connectivity index (χ2n) is 6.84. The van der Waals surface area contributed by atoms with Gasteiger partial charge in [0.15, 0.2) is 0 Å². The minimum Gasteiger partial charge on any atom is -0.481 e. The van der Waals surface area contributed by atoms with E-state index in [1.807, 2.05) is 48.5 Å². The molecule has 0 saturated carbocycles. The van der Waals surface area contributed by atoms with Gasteiger partial charge in [0.2, 0.25) is 0 Å². The van der Waals surface area contributed by atoms with Crippen LogP contribution in [0.5, 0.6) is 0 Å². The maximum Gasteiger partial charge on any atom is 0.304 e. The summed E-state index contributed by atoms with van der Waals surface area (Å²) in [5, 5.41) is 15.8. The third-order valence-electron chi connectivity index (χ3n) is 4.54. The molecule has 0 atom stereocenters. The molecule has 2 N–H and O–H groups in total. The van der Waals surface area contributed by atoms with E-state index in [0.29, 0.717) is 26.1 Å². The normalized spacial score (nSPS) is 10.9. The van der Waals surface area contributed by atoms with Gasteiger partial charge in [-0.05, 0) is 39.9 Å². The molecule has 2 aromatic carbocycles. The minimum atomic E-state index is -0.790. The zero-order valence-electron chi connectivity index (χ0n) is 16.7. The lowest BCUT2D eigenvalue weighted by Gasteiger charge is -2.05. The smallest absolute Gasteiger partial charge is 0.304 e. The second kappa shape index (κ2) is 11.5. The van der Waals surface area contributed by atoms with Gasteiger partial charge in [0.1, 0.15) is 6.61 Å². The van der Waals surface area contributed by atoms with E-state index in [0.717, 1.165) is 27.8 Å². The first-order valence-electron chi connectivity index (χ1n) is 9.84. The van der Waals surface area contributed by atoms with Crippen molar-refractivity contribution in [2.24, 2.45) is 5.16 Å². The molecular formula is C24H25N3O3. The van der Waals surface area contributed by atoms with Crippen molar-refractivity contribution < 1.29 is 14.7 Å². The third-order valence-corrected chi connectivity index (χ3v) is 4.54. The van der Waals surface area contributed by atoms with E-state index < -0.39 is 5.97 Å². The van der Waals surface area contributed by atoms with Crippen molar-refractivity contribution in [3.8, 4) is 11.1 Å². The third kappa shape index (κ3) is 7.14. The van der Waals surface area contributed by atoms with Crippen molar-refractivity contribution in [3.63, 3.8) is 0 Å². The zero-order valence-corrected chi connectivity index (χ0v) is 16.7. The number of carboxylic acids is 1. The quantitative estimate of drug-likeness (QED) is 0.287. The first-order chi connectivity index (χ1) is 14.7. The van der Waals surface area contributed by atoms with Gasteiger partial charge in [-0.25, -0.2) is 0 Å². The summed E-state index contributed by atoms with van der Waals surface area (Å²) in [7, 11) is 0. The Balaban J connectivity index is 1.37. The minimum absolute atomic E-state index is 0.128. The van der Waals surface area contributed by atoms with E-state index in [4.69, 9.17) is 9.94 Å². The van der Waals surface area contributed by atoms with Crippen LogP contribution in [0.25, 0.3) is 11.1 Å². The number of aromatic nitrogens is 1. The van der Waals surface area contributed by atoms with Crippen molar-refractivity contribution in [2.75, 3.05) is 6.54 Å². The van der Waals surface area contributed by atoms with Crippen molar-refractivity contribution in [2.45, 2.75) is 26.0 Å². The van der Waals surface area contributed by atoms with Crippen LogP contribution < -0.4 is 5.32 Å². The molecule has 0 aliphatic carbocycles. The standard InChI is InChI=1S/C24H25N3O3/c28-24(29)12-15-26-17-20-3-1-19(2-4-20)9-16-27-30-18-21-5-7-22(8-6-21)23-10-13-25-14-11-23/h1-8,10-11,13-14,16,26H,9,12,15,17-18H2,(H,28,29). The number of hydrogen-bond donors (Lipinski definition) is 2. The molecule has 0 unspecified atom stereocenters. The Morgan fingerprint density at radius 3 is 2.27 bits per heavy atom. The Morgan fingerprint density at radius 2 is 1.57 bits per heavy atom. The van der Waals surface area contributed by atoms with E-state index in [2.05, 4.69) is 27.6 Å². The van der Waals surface area contributed by atoms with E-state index in [1.165, 1.54) is 0 Å². The fourth-order valence-corrected chi connectivity index (χ4v) is 2.87. The van der Waals surface area contributed by atoms with Crippen LogP contribution in [0.15, 0.2) is 78.2 Å². The molecule has 0 amide bonds. The van der Waals surface area contributed by atoms with Gasteiger partial charge in [-0.3, -0.25) is 9.78 Å². The summed E-state index contributed by atoms with van der Waals surface area (Å²) in [6.07, 6.45) is 6.14. The molecule has 1 aromatic heterocycles. The Kier molecular flexibility index (Phi) is 8.12. The molecular weight excluding hydrogens is 378 g/mol. The van der Waals surface area contributed by atoms with Gasteiger partial charge in [-0.15, -0.1) is 0 Å². The summed E-state index contributed by atoms with van der Waals surface area (Å²) in [5.74, 6) is -0.790. The molecule has 0 radical (unpaired) electrons. The van der Waals surface area contributed by atoms with Crippen LogP contribution in [-0.2, 0) is 29.2 Å². The van der Waals surface area contributed by atoms with Crippen molar-refractivity contribution in [1.29, 1.82) is 0 Å². The second-order valence-corrected chi connectivity index (χ2v) is 6.84. The van der Waals surface area contributed by atoms with Gasteiger partial charge in [-0.2, -0.15) is 0 Å². The fraction of sp³-hybridized carbons (Fsp3) is 0.208. The van der Waals surface area contributed by atoms with Gasteiger partial charge in [0.05, 0.1) is 6.42 Å². The van der Waals surface area contributed by atoms with E-state index in [1.54, 1.807) is 18.6 Å². The Hall–Kier alpha value is -3.51. The van der Waals surface area contributed by atoms with Crippen LogP contribution in [-0.4, -0.2) is 28.8 Å². The first kappa shape index (κ1) is 21.2. The summed E-state index contributed by atoms with van der Waals surface area (Å²) in [5.41, 5.74) is 5.60. The van der Waals surface area contributed by atoms with Crippen LogP contribution in [0.4, 0.5) is 0 Å². The van der Waals surface area contributed by atoms with Gasteiger partial charge < -0.3 is 15.3 Å². The highest BCUT2D eigenvalue weighted by molar-refractivity contribution is 5.66. The molecule has 1 heterocycles. The summed E-state index contributed by atoms with van der Waals surface area (Å²) < 4.78 is 0. The van der Waals surface area contributed by atoms with Gasteiger partial charge in [0, 0.05) is 38.1 Å². The molecule has 0 aliphatic rings. The van der Waals surface area contributed by atoms with E-state index in [-0.39, 0.29) is 6.42 Å². The molecule has 0 saturated heterocycles. The Bertz CT molecular complexity index is 940. The number of oxime groups is 1. The molecule has 154 valence electrons. The molecule has 0 aliphatic heterocycles. The number of nitrogens with zero attached hydrogens (tertiary/aromatic N) is 2. The highest BCUT2D eigenvalue weighted by Gasteiger charge is 1.99. The molecule has 3 rings (SSSR count). The maximum absolute atomic E-state index is 10.5. The summed E-state index contributed by atoms with van der Waals surface area (Å²) in [4.78, 5) is 19.9. The van der Waals surface area contributed by atoms with Crippen LogP contribution >= 0.6 is 0 Å². The molecule has 30 heavy (non-hydrogen) atoms. The largest absolute Gasteiger partial charge is 0.481 e. The van der Waals surface area contributed by atoms with Gasteiger partial charge in [-0.1, -0.05) is 53.7 Å². The average molecular weight is 403 g/mol. The first-order valence-corrected chi connectivity index (χ1v) is 9.84. The van der Waals surface area contributed by atoms with Crippen molar-refractivity contribution in [3.05, 3.63) is 89.7 Å². The number of hydrogen-bond acceptors (Lipinski definition) is 5. The SMILES string of the molecule is O=C(O)CCNCc1ccc(CC=NOCc2ccc(-c3ccncc3)cc2)cc1. The Labute approximate surface area is 176 Å². The molecule has 3 aromatic rings. The number of nitrogens with one attached hydrogen (secondary N) is 1. The zero-order chi connectivity index (χ0) is 21.0. The maximum atomic E-state index is 10.5. The highest BCUT2D eigenvalue weighted by atomic mass is 16.6. The topological polar surface area (TPSA) is 83.8 Å². The number of carbonyl (C=O) groups is 1. The predicted molar refractivity (Wildman–Crippen MR) is 117 cm³/mol. The lowest BCUT2D eigenvalue weighted by atomic mass is 10.1. The fourth-order valence-electron chi connectivity index (χ4n) is 2.87.